The van der Waals surface area contributed by atoms with Crippen LogP contribution >= 0.6 is 0 Å². The summed E-state index contributed by atoms with van der Waals surface area (Å²) in [6, 6.07) is 10.9. The number of carbonyl (C=O) groups is 1. The molecule has 0 aliphatic heterocycles. The number of hydrogen-bond acceptors (Lipinski definition) is 3. The molecule has 2 aromatic carbocycles. The lowest BCUT2D eigenvalue weighted by Gasteiger charge is -2.07. The van der Waals surface area contributed by atoms with E-state index in [4.69, 9.17) is 0 Å². The van der Waals surface area contributed by atoms with Crippen molar-refractivity contribution in [2.75, 3.05) is 0 Å². The third-order valence-corrected chi connectivity index (χ3v) is 3.54. The molecule has 0 aliphatic rings. The Balaban J connectivity index is 2.12. The lowest BCUT2D eigenvalue weighted by Crippen LogP contribution is -2.19. The standard InChI is InChI=1S/C18H22N2O2/c1-12(2)8-9-13(3)19-20-18(22)16-10-14-6-4-5-7-15(14)11-17(16)21/h4-7,10-12,21H,8-9H2,1-3H3,(H,20,22)/b19-13+. The van der Waals surface area contributed by atoms with Gasteiger partial charge in [0.05, 0.1) is 5.56 Å². The summed E-state index contributed by atoms with van der Waals surface area (Å²) in [5.41, 5.74) is 3.63. The summed E-state index contributed by atoms with van der Waals surface area (Å²) in [5.74, 6) is 0.170. The number of nitrogens with one attached hydrogen (secondary N) is 1. The zero-order valence-electron chi connectivity index (χ0n) is 13.3. The molecule has 2 aromatic rings. The van der Waals surface area contributed by atoms with Gasteiger partial charge in [-0.1, -0.05) is 38.1 Å². The molecule has 0 radical (unpaired) electrons. The van der Waals surface area contributed by atoms with Crippen LogP contribution in [0, 0.1) is 5.92 Å². The van der Waals surface area contributed by atoms with Gasteiger partial charge in [0.25, 0.3) is 5.91 Å². The second kappa shape index (κ2) is 7.07. The first kappa shape index (κ1) is 16.0. The molecule has 0 fully saturated rings. The Morgan fingerprint density at radius 3 is 2.50 bits per heavy atom. The van der Waals surface area contributed by atoms with Crippen molar-refractivity contribution in [3.8, 4) is 5.75 Å². The van der Waals surface area contributed by atoms with Crippen LogP contribution in [0.4, 0.5) is 0 Å². The number of hydrogen-bond donors (Lipinski definition) is 2. The third-order valence-electron chi connectivity index (χ3n) is 3.54. The van der Waals surface area contributed by atoms with Gasteiger partial charge in [-0.15, -0.1) is 0 Å². The number of benzene rings is 2. The number of fused-ring (bicyclic) bond motifs is 1. The lowest BCUT2D eigenvalue weighted by molar-refractivity contribution is 0.0952. The van der Waals surface area contributed by atoms with Gasteiger partial charge >= 0.3 is 0 Å². The number of aromatic hydroxyl groups is 1. The van der Waals surface area contributed by atoms with Crippen LogP contribution in [-0.2, 0) is 0 Å². The zero-order chi connectivity index (χ0) is 16.1. The molecule has 0 bridgehead atoms. The SMILES string of the molecule is C/C(CCC(C)C)=N\NC(=O)c1cc2ccccc2cc1O. The lowest BCUT2D eigenvalue weighted by atomic mass is 10.1. The van der Waals surface area contributed by atoms with Gasteiger partial charge < -0.3 is 5.11 Å². The fourth-order valence-electron chi connectivity index (χ4n) is 2.17. The highest BCUT2D eigenvalue weighted by Crippen LogP contribution is 2.24. The average molecular weight is 298 g/mol. The molecule has 0 heterocycles. The fraction of sp³-hybridized carbons (Fsp3) is 0.333. The number of hydrazone groups is 1. The van der Waals surface area contributed by atoms with Gasteiger partial charge in [-0.3, -0.25) is 4.79 Å². The van der Waals surface area contributed by atoms with Crippen molar-refractivity contribution in [2.45, 2.75) is 33.6 Å². The number of phenols is 1. The Hall–Kier alpha value is -2.36. The van der Waals surface area contributed by atoms with Crippen molar-refractivity contribution in [2.24, 2.45) is 11.0 Å². The van der Waals surface area contributed by atoms with Crippen LogP contribution in [0.5, 0.6) is 5.75 Å². The number of phenolic OH excluding ortho intramolecular Hbond substituents is 1. The summed E-state index contributed by atoms with van der Waals surface area (Å²) in [4.78, 5) is 12.2. The van der Waals surface area contributed by atoms with Crippen molar-refractivity contribution in [1.82, 2.24) is 5.43 Å². The van der Waals surface area contributed by atoms with Gasteiger partial charge in [-0.25, -0.2) is 5.43 Å². The summed E-state index contributed by atoms with van der Waals surface area (Å²) < 4.78 is 0. The first-order valence-electron chi connectivity index (χ1n) is 7.52. The number of nitrogens with zero attached hydrogens (tertiary/aromatic N) is 1. The predicted molar refractivity (Wildman–Crippen MR) is 90.3 cm³/mol. The molecule has 4 nitrogen and oxygen atoms in total. The van der Waals surface area contributed by atoms with E-state index in [0.29, 0.717) is 5.92 Å². The van der Waals surface area contributed by atoms with E-state index in [0.717, 1.165) is 29.3 Å². The highest BCUT2D eigenvalue weighted by Gasteiger charge is 2.12. The monoisotopic (exact) mass is 298 g/mol. The molecular formula is C18H22N2O2. The molecule has 0 atom stereocenters. The Bertz CT molecular complexity index is 705. The predicted octanol–water partition coefficient (Wildman–Crippen LogP) is 4.09. The molecule has 2 rings (SSSR count). The zero-order valence-corrected chi connectivity index (χ0v) is 13.3. The molecule has 4 heteroatoms. The molecule has 0 saturated heterocycles. The van der Waals surface area contributed by atoms with Gasteiger partial charge in [-0.2, -0.15) is 5.10 Å². The van der Waals surface area contributed by atoms with Crippen LogP contribution in [0.15, 0.2) is 41.5 Å². The van der Waals surface area contributed by atoms with E-state index in [1.807, 2.05) is 31.2 Å². The van der Waals surface area contributed by atoms with Gasteiger partial charge in [0.1, 0.15) is 5.75 Å². The van der Waals surface area contributed by atoms with Crippen molar-refractivity contribution >= 4 is 22.4 Å². The van der Waals surface area contributed by atoms with E-state index >= 15 is 0 Å². The molecule has 0 spiro atoms. The topological polar surface area (TPSA) is 61.7 Å². The van der Waals surface area contributed by atoms with Crippen molar-refractivity contribution < 1.29 is 9.90 Å². The Labute approximate surface area is 130 Å². The Morgan fingerprint density at radius 2 is 1.86 bits per heavy atom. The second-order valence-corrected chi connectivity index (χ2v) is 5.94. The molecule has 1 amide bonds. The smallest absolute Gasteiger partial charge is 0.275 e. The van der Waals surface area contributed by atoms with E-state index in [1.165, 1.54) is 0 Å². The molecule has 22 heavy (non-hydrogen) atoms. The normalized spacial score (nSPS) is 11.9. The summed E-state index contributed by atoms with van der Waals surface area (Å²) in [5, 5.41) is 15.9. The first-order valence-corrected chi connectivity index (χ1v) is 7.52. The molecular weight excluding hydrogens is 276 g/mol. The average Bonchev–Trinajstić information content (AvgIpc) is 2.49. The van der Waals surface area contributed by atoms with Crippen LogP contribution in [0.2, 0.25) is 0 Å². The van der Waals surface area contributed by atoms with E-state index in [-0.39, 0.29) is 11.3 Å². The summed E-state index contributed by atoms with van der Waals surface area (Å²) in [7, 11) is 0. The maximum atomic E-state index is 12.2. The molecule has 0 aliphatic carbocycles. The highest BCUT2D eigenvalue weighted by atomic mass is 16.3. The molecule has 0 unspecified atom stereocenters. The first-order chi connectivity index (χ1) is 10.5. The van der Waals surface area contributed by atoms with Gasteiger partial charge in [0.15, 0.2) is 0 Å². The van der Waals surface area contributed by atoms with E-state index in [1.54, 1.807) is 12.1 Å². The Morgan fingerprint density at radius 1 is 1.23 bits per heavy atom. The molecule has 2 N–H and O–H groups in total. The third kappa shape index (κ3) is 4.07. The molecule has 116 valence electrons. The number of carbonyl (C=O) groups excluding carboxylic acids is 1. The molecule has 0 saturated carbocycles. The minimum Gasteiger partial charge on any atom is -0.507 e. The van der Waals surface area contributed by atoms with Crippen molar-refractivity contribution in [3.63, 3.8) is 0 Å². The van der Waals surface area contributed by atoms with Crippen LogP contribution in [0.25, 0.3) is 10.8 Å². The van der Waals surface area contributed by atoms with E-state index < -0.39 is 5.91 Å². The number of rotatable bonds is 5. The minimum atomic E-state index is -0.396. The van der Waals surface area contributed by atoms with Gasteiger partial charge in [0, 0.05) is 5.71 Å². The Kier molecular flexibility index (Phi) is 5.15. The van der Waals surface area contributed by atoms with Gasteiger partial charge in [0.2, 0.25) is 0 Å². The summed E-state index contributed by atoms with van der Waals surface area (Å²) >= 11 is 0. The molecule has 0 aromatic heterocycles. The minimum absolute atomic E-state index is 0.0359. The summed E-state index contributed by atoms with van der Waals surface area (Å²) in [6.07, 6.45) is 1.88. The quantitative estimate of drug-likeness (QED) is 0.645. The van der Waals surface area contributed by atoms with Crippen LogP contribution < -0.4 is 5.43 Å². The van der Waals surface area contributed by atoms with E-state index in [9.17, 15) is 9.90 Å². The highest BCUT2D eigenvalue weighted by molar-refractivity contribution is 6.01. The summed E-state index contributed by atoms with van der Waals surface area (Å²) in [6.45, 7) is 6.20. The van der Waals surface area contributed by atoms with Crippen LogP contribution in [0.3, 0.4) is 0 Å². The fourth-order valence-corrected chi connectivity index (χ4v) is 2.17. The van der Waals surface area contributed by atoms with Crippen LogP contribution in [-0.4, -0.2) is 16.7 Å². The van der Waals surface area contributed by atoms with E-state index in [2.05, 4.69) is 24.4 Å². The number of amides is 1. The maximum Gasteiger partial charge on any atom is 0.275 e. The van der Waals surface area contributed by atoms with Gasteiger partial charge in [-0.05, 0) is 48.6 Å². The maximum absolute atomic E-state index is 12.2. The van der Waals surface area contributed by atoms with Crippen molar-refractivity contribution in [3.05, 3.63) is 42.0 Å². The largest absolute Gasteiger partial charge is 0.507 e. The van der Waals surface area contributed by atoms with Crippen LogP contribution in [0.1, 0.15) is 44.0 Å². The second-order valence-electron chi connectivity index (χ2n) is 5.94. The van der Waals surface area contributed by atoms with Crippen molar-refractivity contribution in [1.29, 1.82) is 0 Å².